The number of amides is 1. The SMILES string of the molecule is CCOC(=O)c1ccccc1NC(=O)CN(c1ccccc1Cl)S(C)(=O)=O. The molecular weight excluding hydrogens is 392 g/mol. The van der Waals surface area contributed by atoms with E-state index in [0.29, 0.717) is 0 Å². The Hall–Kier alpha value is -2.58. The van der Waals surface area contributed by atoms with E-state index in [-0.39, 0.29) is 28.6 Å². The van der Waals surface area contributed by atoms with Crippen LogP contribution in [-0.4, -0.2) is 39.7 Å². The van der Waals surface area contributed by atoms with Crippen molar-refractivity contribution in [1.29, 1.82) is 0 Å². The van der Waals surface area contributed by atoms with E-state index >= 15 is 0 Å². The lowest BCUT2D eigenvalue weighted by atomic mass is 10.2. The van der Waals surface area contributed by atoms with Gasteiger partial charge in [0.2, 0.25) is 15.9 Å². The molecule has 0 heterocycles. The number of sulfonamides is 1. The number of benzene rings is 2. The lowest BCUT2D eigenvalue weighted by Gasteiger charge is -2.23. The quantitative estimate of drug-likeness (QED) is 0.708. The zero-order valence-electron chi connectivity index (χ0n) is 14.8. The molecule has 0 spiro atoms. The van der Waals surface area contributed by atoms with Gasteiger partial charge in [-0.2, -0.15) is 0 Å². The molecule has 9 heteroatoms. The van der Waals surface area contributed by atoms with Crippen molar-refractivity contribution < 1.29 is 22.7 Å². The number of nitrogens with one attached hydrogen (secondary N) is 1. The van der Waals surface area contributed by atoms with Gasteiger partial charge >= 0.3 is 5.97 Å². The summed E-state index contributed by atoms with van der Waals surface area (Å²) >= 11 is 6.07. The number of anilines is 2. The van der Waals surface area contributed by atoms with Crippen LogP contribution in [-0.2, 0) is 19.6 Å². The first kappa shape index (κ1) is 20.7. The average Bonchev–Trinajstić information content (AvgIpc) is 2.60. The number of hydrogen-bond donors (Lipinski definition) is 1. The predicted molar refractivity (Wildman–Crippen MR) is 105 cm³/mol. The van der Waals surface area contributed by atoms with Crippen LogP contribution in [0.1, 0.15) is 17.3 Å². The first-order valence-electron chi connectivity index (χ1n) is 8.02. The van der Waals surface area contributed by atoms with Crippen molar-refractivity contribution in [3.05, 3.63) is 59.1 Å². The minimum absolute atomic E-state index is 0.177. The topological polar surface area (TPSA) is 92.8 Å². The molecule has 0 aliphatic rings. The van der Waals surface area contributed by atoms with Gasteiger partial charge in [-0.15, -0.1) is 0 Å². The van der Waals surface area contributed by atoms with E-state index in [1.54, 1.807) is 31.2 Å². The second kappa shape index (κ2) is 8.88. The van der Waals surface area contributed by atoms with Crippen LogP contribution in [0.25, 0.3) is 0 Å². The van der Waals surface area contributed by atoms with E-state index in [4.69, 9.17) is 16.3 Å². The van der Waals surface area contributed by atoms with Gasteiger partial charge in [0.15, 0.2) is 0 Å². The third kappa shape index (κ3) is 5.45. The number of carbonyl (C=O) groups is 2. The molecule has 2 aromatic carbocycles. The Kier molecular flexibility index (Phi) is 6.81. The lowest BCUT2D eigenvalue weighted by molar-refractivity contribution is -0.114. The summed E-state index contributed by atoms with van der Waals surface area (Å²) < 4.78 is 30.1. The van der Waals surface area contributed by atoms with Crippen LogP contribution in [0.3, 0.4) is 0 Å². The molecule has 0 radical (unpaired) electrons. The van der Waals surface area contributed by atoms with Gasteiger partial charge in [-0.25, -0.2) is 13.2 Å². The van der Waals surface area contributed by atoms with Crippen LogP contribution in [0.2, 0.25) is 5.02 Å². The third-order valence-corrected chi connectivity index (χ3v) is 4.95. The zero-order chi connectivity index (χ0) is 20.0. The highest BCUT2D eigenvalue weighted by atomic mass is 35.5. The fourth-order valence-corrected chi connectivity index (χ4v) is 3.49. The molecule has 0 saturated carbocycles. The monoisotopic (exact) mass is 410 g/mol. The van der Waals surface area contributed by atoms with Gasteiger partial charge in [0.1, 0.15) is 6.54 Å². The number of nitrogens with zero attached hydrogens (tertiary/aromatic N) is 1. The van der Waals surface area contributed by atoms with Crippen molar-refractivity contribution in [2.24, 2.45) is 0 Å². The van der Waals surface area contributed by atoms with Gasteiger partial charge in [0.05, 0.1) is 34.8 Å². The minimum Gasteiger partial charge on any atom is -0.462 e. The van der Waals surface area contributed by atoms with Crippen molar-refractivity contribution in [3.8, 4) is 0 Å². The number of ether oxygens (including phenoxy) is 1. The van der Waals surface area contributed by atoms with E-state index in [2.05, 4.69) is 5.32 Å². The molecule has 0 saturated heterocycles. The van der Waals surface area contributed by atoms with Gasteiger partial charge in [-0.3, -0.25) is 9.10 Å². The number of halogens is 1. The van der Waals surface area contributed by atoms with Crippen molar-refractivity contribution in [2.45, 2.75) is 6.92 Å². The third-order valence-electron chi connectivity index (χ3n) is 3.51. The van der Waals surface area contributed by atoms with E-state index < -0.39 is 28.4 Å². The molecular formula is C18H19ClN2O5S. The normalized spacial score (nSPS) is 10.9. The smallest absolute Gasteiger partial charge is 0.340 e. The molecule has 2 rings (SSSR count). The molecule has 2 aromatic rings. The van der Waals surface area contributed by atoms with E-state index in [1.165, 1.54) is 24.3 Å². The summed E-state index contributed by atoms with van der Waals surface area (Å²) in [7, 11) is -3.77. The Morgan fingerprint density at radius 2 is 1.74 bits per heavy atom. The van der Waals surface area contributed by atoms with Crippen LogP contribution in [0, 0.1) is 0 Å². The fraction of sp³-hybridized carbons (Fsp3) is 0.222. The summed E-state index contributed by atoms with van der Waals surface area (Å²) in [6.07, 6.45) is 0.982. The molecule has 144 valence electrons. The highest BCUT2D eigenvalue weighted by molar-refractivity contribution is 7.92. The molecule has 27 heavy (non-hydrogen) atoms. The molecule has 0 aliphatic carbocycles. The summed E-state index contributed by atoms with van der Waals surface area (Å²) in [4.78, 5) is 24.5. The van der Waals surface area contributed by atoms with Crippen molar-refractivity contribution in [2.75, 3.05) is 29.0 Å². The molecule has 0 bridgehead atoms. The maximum atomic E-state index is 12.5. The van der Waals surface area contributed by atoms with E-state index in [9.17, 15) is 18.0 Å². The Morgan fingerprint density at radius 1 is 1.11 bits per heavy atom. The van der Waals surface area contributed by atoms with Crippen LogP contribution >= 0.6 is 11.6 Å². The highest BCUT2D eigenvalue weighted by Gasteiger charge is 2.23. The highest BCUT2D eigenvalue weighted by Crippen LogP contribution is 2.27. The van der Waals surface area contributed by atoms with Crippen LogP contribution in [0.15, 0.2) is 48.5 Å². The van der Waals surface area contributed by atoms with Gasteiger partial charge in [-0.05, 0) is 31.2 Å². The van der Waals surface area contributed by atoms with E-state index in [1.807, 2.05) is 0 Å². The molecule has 1 N–H and O–H groups in total. The van der Waals surface area contributed by atoms with Gasteiger partial charge in [-0.1, -0.05) is 35.9 Å². The molecule has 0 atom stereocenters. The molecule has 0 aromatic heterocycles. The summed E-state index contributed by atoms with van der Waals surface area (Å²) in [6.45, 7) is 1.36. The van der Waals surface area contributed by atoms with Crippen LogP contribution in [0.5, 0.6) is 0 Å². The number of hydrogen-bond acceptors (Lipinski definition) is 5. The number of esters is 1. The first-order valence-corrected chi connectivity index (χ1v) is 10.2. The zero-order valence-corrected chi connectivity index (χ0v) is 16.4. The Labute approximate surface area is 162 Å². The maximum Gasteiger partial charge on any atom is 0.340 e. The maximum absolute atomic E-state index is 12.5. The first-order chi connectivity index (χ1) is 12.7. The fourth-order valence-electron chi connectivity index (χ4n) is 2.33. The second-order valence-corrected chi connectivity index (χ2v) is 7.85. The number of rotatable bonds is 7. The summed E-state index contributed by atoms with van der Waals surface area (Å²) in [5.41, 5.74) is 0.598. The summed E-state index contributed by atoms with van der Waals surface area (Å²) in [5.74, 6) is -1.21. The van der Waals surface area contributed by atoms with Gasteiger partial charge in [0, 0.05) is 0 Å². The second-order valence-electron chi connectivity index (χ2n) is 5.54. The Morgan fingerprint density at radius 3 is 2.37 bits per heavy atom. The number of carbonyl (C=O) groups excluding carboxylic acids is 2. The molecule has 7 nitrogen and oxygen atoms in total. The van der Waals surface area contributed by atoms with Crippen molar-refractivity contribution in [3.63, 3.8) is 0 Å². The minimum atomic E-state index is -3.77. The van der Waals surface area contributed by atoms with Crippen molar-refractivity contribution in [1.82, 2.24) is 0 Å². The van der Waals surface area contributed by atoms with E-state index in [0.717, 1.165) is 10.6 Å². The standard InChI is InChI=1S/C18H19ClN2O5S/c1-3-26-18(23)13-8-4-6-10-15(13)20-17(22)12-21(27(2,24)25)16-11-7-5-9-14(16)19/h4-11H,3,12H2,1-2H3,(H,20,22). The molecule has 0 fully saturated rings. The van der Waals surface area contributed by atoms with Gasteiger partial charge in [0.25, 0.3) is 0 Å². The molecule has 1 amide bonds. The summed E-state index contributed by atoms with van der Waals surface area (Å²) in [6, 6.07) is 12.6. The predicted octanol–water partition coefficient (Wildman–Crippen LogP) is 2.92. The van der Waals surface area contributed by atoms with Crippen LogP contribution in [0.4, 0.5) is 11.4 Å². The Balaban J connectivity index is 2.26. The lowest BCUT2D eigenvalue weighted by Crippen LogP contribution is -2.37. The van der Waals surface area contributed by atoms with Crippen LogP contribution < -0.4 is 9.62 Å². The summed E-state index contributed by atoms with van der Waals surface area (Å²) in [5, 5.41) is 2.75. The van der Waals surface area contributed by atoms with Crippen molar-refractivity contribution >= 4 is 44.9 Å². The van der Waals surface area contributed by atoms with Gasteiger partial charge < -0.3 is 10.1 Å². The number of para-hydroxylation sites is 2. The molecule has 0 unspecified atom stereocenters. The Bertz CT molecular complexity index is 946. The largest absolute Gasteiger partial charge is 0.462 e. The average molecular weight is 411 g/mol. The molecule has 0 aliphatic heterocycles.